The molecule has 7 heteroatoms. The first kappa shape index (κ1) is 68.5. The molecular formula is C110H81B2N5. The quantitative estimate of drug-likeness (QED) is 0.127. The number of para-hydroxylation sites is 7. The molecule has 4 aliphatic rings. The Labute approximate surface area is 684 Å². The zero-order valence-electron chi connectivity index (χ0n) is 66.3. The van der Waals surface area contributed by atoms with Crippen molar-refractivity contribution in [1.29, 1.82) is 0 Å². The van der Waals surface area contributed by atoms with E-state index in [-0.39, 0.29) is 24.3 Å². The number of rotatable bonds is 10. The van der Waals surface area contributed by atoms with Crippen molar-refractivity contribution in [1.82, 2.24) is 4.40 Å². The Bertz CT molecular complexity index is 6690. The van der Waals surface area contributed by atoms with Crippen molar-refractivity contribution in [2.24, 2.45) is 0 Å². The number of hydrogen-bond donors (Lipinski definition) is 0. The molecule has 0 fully saturated rings. The van der Waals surface area contributed by atoms with Crippen LogP contribution >= 0.6 is 0 Å². The molecule has 0 aliphatic carbocycles. The van der Waals surface area contributed by atoms with Gasteiger partial charge in [-0.25, -0.2) is 0 Å². The molecule has 0 N–H and O–H groups in total. The molecule has 5 nitrogen and oxygen atoms in total. The lowest BCUT2D eigenvalue weighted by Gasteiger charge is -2.46. The van der Waals surface area contributed by atoms with Gasteiger partial charge in [0.15, 0.2) is 0 Å². The zero-order valence-corrected chi connectivity index (χ0v) is 66.3. The smallest absolute Gasteiger partial charge is 0.252 e. The summed E-state index contributed by atoms with van der Waals surface area (Å²) in [6.07, 6.45) is 0. The highest BCUT2D eigenvalue weighted by atomic mass is 15.2. The first-order chi connectivity index (χ1) is 57.4. The van der Waals surface area contributed by atoms with Gasteiger partial charge in [0.2, 0.25) is 0 Å². The third-order valence-electron chi connectivity index (χ3n) is 25.6. The number of aromatic nitrogens is 1. The van der Waals surface area contributed by atoms with Gasteiger partial charge >= 0.3 is 0 Å². The van der Waals surface area contributed by atoms with E-state index in [4.69, 9.17) is 0 Å². The first-order valence-corrected chi connectivity index (χ1v) is 41.2. The van der Waals surface area contributed by atoms with Gasteiger partial charge in [-0.15, -0.1) is 0 Å². The molecule has 117 heavy (non-hydrogen) atoms. The van der Waals surface area contributed by atoms with Crippen LogP contribution in [0.3, 0.4) is 0 Å². The minimum Gasteiger partial charge on any atom is -0.311 e. The number of benzene rings is 17. The molecule has 0 unspecified atom stereocenters. The Morgan fingerprint density at radius 2 is 0.479 bits per heavy atom. The van der Waals surface area contributed by atoms with Crippen LogP contribution in [-0.2, 0) is 10.8 Å². The molecule has 0 spiro atoms. The SMILES string of the molecule is CC(C)(C)c1cc2c3c(c1)N(c1c(-c4ccccc4)cccc1-c1ccccc1)c1ccccc1B3c1cc3c4cccc5c6cc7c(cc6n(c3cc1N2c1ccccc1-c1ccccc1)c45)N(c1ccccc1-c1ccccc1)c1cc(C(C)(C)C)cc2c1B7c1ccccc1N2c1c(-c2ccccc2)cccc1-c1ccccc1. The zero-order chi connectivity index (χ0) is 78.1. The van der Waals surface area contributed by atoms with Gasteiger partial charge in [0.05, 0.1) is 39.3 Å². The van der Waals surface area contributed by atoms with Crippen molar-refractivity contribution in [2.45, 2.75) is 52.4 Å². The van der Waals surface area contributed by atoms with Crippen molar-refractivity contribution < 1.29 is 0 Å². The second-order valence-corrected chi connectivity index (χ2v) is 34.2. The summed E-state index contributed by atoms with van der Waals surface area (Å²) >= 11 is 0. The van der Waals surface area contributed by atoms with E-state index < -0.39 is 0 Å². The third-order valence-corrected chi connectivity index (χ3v) is 25.6. The molecule has 0 saturated heterocycles. The summed E-state index contributed by atoms with van der Waals surface area (Å²) in [4.78, 5) is 10.7. The van der Waals surface area contributed by atoms with Crippen LogP contribution in [-0.4, -0.2) is 17.8 Å². The Morgan fingerprint density at radius 3 is 0.812 bits per heavy atom. The van der Waals surface area contributed by atoms with Crippen molar-refractivity contribution in [3.8, 4) is 66.8 Å². The maximum Gasteiger partial charge on any atom is 0.252 e. The van der Waals surface area contributed by atoms with E-state index >= 15 is 0 Å². The van der Waals surface area contributed by atoms with Gasteiger partial charge in [-0.1, -0.05) is 363 Å². The number of anilines is 12. The summed E-state index contributed by atoms with van der Waals surface area (Å²) in [5, 5.41) is 4.92. The van der Waals surface area contributed by atoms with E-state index in [2.05, 4.69) is 448 Å². The summed E-state index contributed by atoms with van der Waals surface area (Å²) in [5.74, 6) is 0. The van der Waals surface area contributed by atoms with Crippen molar-refractivity contribution in [2.75, 3.05) is 19.6 Å². The lowest BCUT2D eigenvalue weighted by atomic mass is 9.33. The van der Waals surface area contributed by atoms with Gasteiger partial charge in [-0.3, -0.25) is 0 Å². The molecule has 0 atom stereocenters. The molecule has 19 aromatic rings. The molecule has 0 saturated carbocycles. The van der Waals surface area contributed by atoms with E-state index in [1.807, 2.05) is 0 Å². The van der Waals surface area contributed by atoms with E-state index in [1.54, 1.807) is 0 Å². The Kier molecular flexibility index (Phi) is 15.3. The van der Waals surface area contributed by atoms with Crippen LogP contribution in [0.5, 0.6) is 0 Å². The molecule has 2 aromatic heterocycles. The Balaban J connectivity index is 0.824. The second kappa shape index (κ2) is 26.2. The van der Waals surface area contributed by atoms with Crippen LogP contribution in [0.1, 0.15) is 52.7 Å². The second-order valence-electron chi connectivity index (χ2n) is 34.2. The van der Waals surface area contributed by atoms with Crippen molar-refractivity contribution in [3.05, 3.63) is 393 Å². The first-order valence-electron chi connectivity index (χ1n) is 41.2. The minimum absolute atomic E-state index is 0.170. The molecule has 6 heterocycles. The van der Waals surface area contributed by atoms with E-state index in [0.717, 1.165) is 67.4 Å². The Morgan fingerprint density at radius 1 is 0.205 bits per heavy atom. The van der Waals surface area contributed by atoms with Gasteiger partial charge in [0.25, 0.3) is 13.4 Å². The fraction of sp³-hybridized carbons (Fsp3) is 0.0727. The fourth-order valence-corrected chi connectivity index (χ4v) is 20.3. The summed E-state index contributed by atoms with van der Waals surface area (Å²) < 4.78 is 2.67. The summed E-state index contributed by atoms with van der Waals surface area (Å²) in [7, 11) is 0. The maximum atomic E-state index is 2.68. The van der Waals surface area contributed by atoms with Crippen molar-refractivity contribution >= 4 is 153 Å². The van der Waals surface area contributed by atoms with Gasteiger partial charge in [0, 0.05) is 100 Å². The molecule has 4 aliphatic heterocycles. The summed E-state index contributed by atoms with van der Waals surface area (Å²) in [6, 6.07) is 145. The molecule has 17 aromatic carbocycles. The predicted molar refractivity (Wildman–Crippen MR) is 499 cm³/mol. The topological polar surface area (TPSA) is 17.4 Å². The summed E-state index contributed by atoms with van der Waals surface area (Å²) in [6.45, 7) is 14.0. The van der Waals surface area contributed by atoms with Crippen LogP contribution in [0.4, 0.5) is 68.2 Å². The highest BCUT2D eigenvalue weighted by Crippen LogP contribution is 2.57. The average molecular weight is 1490 g/mol. The molecule has 23 rings (SSSR count). The highest BCUT2D eigenvalue weighted by Gasteiger charge is 2.49. The molecule has 552 valence electrons. The molecule has 0 radical (unpaired) electrons. The molecule has 0 amide bonds. The monoisotopic (exact) mass is 1490 g/mol. The Hall–Kier alpha value is -14.1. The van der Waals surface area contributed by atoms with Crippen LogP contribution in [0, 0.1) is 0 Å². The van der Waals surface area contributed by atoms with Crippen LogP contribution in [0.15, 0.2) is 382 Å². The van der Waals surface area contributed by atoms with E-state index in [1.165, 1.54) is 150 Å². The lowest BCUT2D eigenvalue weighted by molar-refractivity contribution is 0.590. The van der Waals surface area contributed by atoms with Gasteiger partial charge in [-0.2, -0.15) is 0 Å². The van der Waals surface area contributed by atoms with Crippen LogP contribution in [0.25, 0.3) is 105 Å². The van der Waals surface area contributed by atoms with E-state index in [0.29, 0.717) is 0 Å². The normalized spacial score (nSPS) is 13.3. The number of fused-ring (bicyclic) bond motifs is 14. The molecular weight excluding hydrogens is 1410 g/mol. The third kappa shape index (κ3) is 10.4. The van der Waals surface area contributed by atoms with Gasteiger partial charge in [-0.05, 0) is 149 Å². The fourth-order valence-electron chi connectivity index (χ4n) is 20.3. The number of nitrogens with zero attached hydrogens (tertiary/aromatic N) is 5. The standard InChI is InChI=1S/C110H81B2N5/c1-109(2,3)76-62-100-104-102(64-76)115(106-80(72-40-17-9-18-41-72)50-33-51-81(106)73-42-19-10-20-43-73)94-60-31-27-56-88(94)111(104)90-66-86-84-54-35-55-85-87-67-91-99(69-97(87)117(108(84)85)96(86)68-98(90)113(100)92-58-29-25-48-78(92)70-36-13-7-14-37-70)114(93-59-30-26-49-79(93)71-38-15-8-16-39-71)101-63-77(110(4,5)6)65-103-105(101)112(91)89-57-28-32-61-95(89)116(103)107-82(74-44-21-11-22-45-74)52-34-53-83(107)75-46-23-12-24-47-75/h7-69H,1-6H3. The highest BCUT2D eigenvalue weighted by molar-refractivity contribution is 7.01. The molecule has 0 bridgehead atoms. The maximum absolute atomic E-state index is 2.68. The van der Waals surface area contributed by atoms with Gasteiger partial charge < -0.3 is 24.0 Å². The minimum atomic E-state index is -0.269. The largest absolute Gasteiger partial charge is 0.311 e. The lowest BCUT2D eigenvalue weighted by Crippen LogP contribution is -2.61. The average Bonchev–Trinajstić information content (AvgIpc) is 1.62. The number of hydrogen-bond acceptors (Lipinski definition) is 4. The van der Waals surface area contributed by atoms with Crippen molar-refractivity contribution in [3.63, 3.8) is 0 Å². The van der Waals surface area contributed by atoms with Gasteiger partial charge in [0.1, 0.15) is 0 Å². The van der Waals surface area contributed by atoms with Crippen LogP contribution < -0.4 is 52.4 Å². The predicted octanol–water partition coefficient (Wildman–Crippen LogP) is 25.6. The van der Waals surface area contributed by atoms with E-state index in [9.17, 15) is 0 Å². The summed E-state index contributed by atoms with van der Waals surface area (Å²) in [5.41, 5.74) is 41.1. The van der Waals surface area contributed by atoms with Crippen LogP contribution in [0.2, 0.25) is 0 Å².